The average Bonchev–Trinajstić information content (AvgIpc) is 3.16. The van der Waals surface area contributed by atoms with Gasteiger partial charge in [0.05, 0.1) is 11.2 Å². The summed E-state index contributed by atoms with van der Waals surface area (Å²) >= 11 is 1.01. The van der Waals surface area contributed by atoms with Gasteiger partial charge in [-0.2, -0.15) is 0 Å². The Kier molecular flexibility index (Phi) is 5.67. The normalized spacial score (nSPS) is 10.9. The summed E-state index contributed by atoms with van der Waals surface area (Å²) in [7, 11) is 0. The third-order valence-corrected chi connectivity index (χ3v) is 5.32. The summed E-state index contributed by atoms with van der Waals surface area (Å²) in [5.41, 5.74) is 0.834. The summed E-state index contributed by atoms with van der Waals surface area (Å²) in [5.74, 6) is -2.01. The van der Waals surface area contributed by atoms with E-state index >= 15 is 0 Å². The maximum absolute atomic E-state index is 14.1. The zero-order valence-electron chi connectivity index (χ0n) is 15.5. The lowest BCUT2D eigenvalue weighted by molar-refractivity contribution is -0.120. The molecule has 0 radical (unpaired) electrons. The molecule has 0 saturated carbocycles. The number of hydrogen-bond acceptors (Lipinski definition) is 4. The zero-order chi connectivity index (χ0) is 21.1. The molecule has 1 amide bonds. The van der Waals surface area contributed by atoms with Gasteiger partial charge in [-0.3, -0.25) is 9.69 Å². The van der Waals surface area contributed by atoms with E-state index in [1.54, 1.807) is 0 Å². The van der Waals surface area contributed by atoms with Gasteiger partial charge >= 0.3 is 0 Å². The summed E-state index contributed by atoms with van der Waals surface area (Å²) in [4.78, 5) is 18.5. The van der Waals surface area contributed by atoms with Crippen LogP contribution in [-0.2, 0) is 11.3 Å². The van der Waals surface area contributed by atoms with Gasteiger partial charge in [0.25, 0.3) is 5.91 Å². The second-order valence-electron chi connectivity index (χ2n) is 6.44. The number of carbonyl (C=O) groups is 1. The van der Waals surface area contributed by atoms with Gasteiger partial charge in [-0.05, 0) is 35.9 Å². The molecule has 0 unspecified atom stereocenters. The van der Waals surface area contributed by atoms with Crippen molar-refractivity contribution in [2.75, 3.05) is 11.5 Å². The van der Waals surface area contributed by atoms with Crippen molar-refractivity contribution in [3.63, 3.8) is 0 Å². The standard InChI is InChI=1S/C22H15F3N2O2S/c23-15-6-8-17(9-7-15)29-13-20(28)27(12-14-4-2-1-3-5-14)22-26-21-18(25)10-16(24)11-19(21)30-22/h1-11H,12-13H2. The lowest BCUT2D eigenvalue weighted by Gasteiger charge is -2.20. The van der Waals surface area contributed by atoms with Gasteiger partial charge in [0.1, 0.15) is 22.9 Å². The molecule has 0 fully saturated rings. The lowest BCUT2D eigenvalue weighted by Crippen LogP contribution is -2.34. The van der Waals surface area contributed by atoms with Crippen LogP contribution in [0.15, 0.2) is 66.7 Å². The average molecular weight is 428 g/mol. The number of anilines is 1. The fourth-order valence-electron chi connectivity index (χ4n) is 2.84. The highest BCUT2D eigenvalue weighted by Crippen LogP contribution is 2.32. The molecule has 0 aliphatic rings. The van der Waals surface area contributed by atoms with Crippen LogP contribution < -0.4 is 9.64 Å². The van der Waals surface area contributed by atoms with Gasteiger partial charge in [-0.1, -0.05) is 41.7 Å². The van der Waals surface area contributed by atoms with Crippen LogP contribution in [0.5, 0.6) is 5.75 Å². The maximum atomic E-state index is 14.1. The van der Waals surface area contributed by atoms with Crippen molar-refractivity contribution in [1.82, 2.24) is 4.98 Å². The number of benzene rings is 3. The first-order valence-corrected chi connectivity index (χ1v) is 9.79. The Morgan fingerprint density at radius 3 is 2.43 bits per heavy atom. The molecule has 0 aliphatic heterocycles. The predicted molar refractivity (Wildman–Crippen MR) is 109 cm³/mol. The first-order valence-electron chi connectivity index (χ1n) is 8.98. The van der Waals surface area contributed by atoms with Crippen molar-refractivity contribution in [2.24, 2.45) is 0 Å². The molecule has 0 aliphatic carbocycles. The van der Waals surface area contributed by atoms with E-state index in [4.69, 9.17) is 4.74 Å². The Morgan fingerprint density at radius 1 is 0.967 bits per heavy atom. The molecule has 0 bridgehead atoms. The van der Waals surface area contributed by atoms with Crippen LogP contribution >= 0.6 is 11.3 Å². The predicted octanol–water partition coefficient (Wildman–Crippen LogP) is 5.33. The topological polar surface area (TPSA) is 42.4 Å². The monoisotopic (exact) mass is 428 g/mol. The van der Waals surface area contributed by atoms with E-state index < -0.39 is 23.4 Å². The number of nitrogens with zero attached hydrogens (tertiary/aromatic N) is 2. The van der Waals surface area contributed by atoms with Crippen LogP contribution in [0.4, 0.5) is 18.3 Å². The van der Waals surface area contributed by atoms with Crippen molar-refractivity contribution in [3.05, 3.63) is 89.7 Å². The molecule has 1 aromatic heterocycles. The first-order chi connectivity index (χ1) is 14.5. The molecule has 8 heteroatoms. The number of hydrogen-bond donors (Lipinski definition) is 0. The summed E-state index contributed by atoms with van der Waals surface area (Å²) < 4.78 is 46.5. The molecule has 0 spiro atoms. The molecule has 30 heavy (non-hydrogen) atoms. The third kappa shape index (κ3) is 4.44. The highest BCUT2D eigenvalue weighted by molar-refractivity contribution is 7.22. The molecule has 4 rings (SSSR count). The highest BCUT2D eigenvalue weighted by Gasteiger charge is 2.22. The Morgan fingerprint density at radius 2 is 1.70 bits per heavy atom. The summed E-state index contributed by atoms with van der Waals surface area (Å²) in [6, 6.07) is 16.4. The molecule has 0 saturated heterocycles. The smallest absolute Gasteiger partial charge is 0.267 e. The number of thiazole rings is 1. The number of halogens is 3. The molecular formula is C22H15F3N2O2S. The van der Waals surface area contributed by atoms with Gasteiger partial charge < -0.3 is 4.74 Å². The van der Waals surface area contributed by atoms with E-state index in [1.807, 2.05) is 30.3 Å². The molecule has 152 valence electrons. The summed E-state index contributed by atoms with van der Waals surface area (Å²) in [6.45, 7) is -0.151. The fraction of sp³-hybridized carbons (Fsp3) is 0.0909. The minimum atomic E-state index is -0.790. The molecule has 0 N–H and O–H groups in total. The van der Waals surface area contributed by atoms with E-state index in [0.717, 1.165) is 23.0 Å². The van der Waals surface area contributed by atoms with E-state index in [2.05, 4.69) is 4.98 Å². The Balaban J connectivity index is 1.63. The van der Waals surface area contributed by atoms with Gasteiger partial charge in [0.15, 0.2) is 17.6 Å². The number of aromatic nitrogens is 1. The van der Waals surface area contributed by atoms with Crippen LogP contribution in [0.25, 0.3) is 10.2 Å². The number of carbonyl (C=O) groups excluding carboxylic acids is 1. The molecular weight excluding hydrogens is 413 g/mol. The van der Waals surface area contributed by atoms with E-state index in [0.29, 0.717) is 10.4 Å². The van der Waals surface area contributed by atoms with Crippen molar-refractivity contribution in [2.45, 2.75) is 6.54 Å². The Bertz CT molecular complexity index is 1180. The van der Waals surface area contributed by atoms with Crippen LogP contribution in [0.2, 0.25) is 0 Å². The highest BCUT2D eigenvalue weighted by atomic mass is 32.1. The molecule has 4 aromatic rings. The van der Waals surface area contributed by atoms with Crippen molar-refractivity contribution < 1.29 is 22.7 Å². The van der Waals surface area contributed by atoms with Crippen LogP contribution in [-0.4, -0.2) is 17.5 Å². The van der Waals surface area contributed by atoms with Gasteiger partial charge in [0, 0.05) is 6.07 Å². The number of rotatable bonds is 6. The second kappa shape index (κ2) is 8.54. The number of fused-ring (bicyclic) bond motifs is 1. The van der Waals surface area contributed by atoms with Crippen LogP contribution in [0, 0.1) is 17.5 Å². The number of amides is 1. The van der Waals surface area contributed by atoms with Crippen LogP contribution in [0.1, 0.15) is 5.56 Å². The van der Waals surface area contributed by atoms with Crippen molar-refractivity contribution >= 4 is 32.6 Å². The van der Waals surface area contributed by atoms with Crippen LogP contribution in [0.3, 0.4) is 0 Å². The van der Waals surface area contributed by atoms with Gasteiger partial charge in [-0.25, -0.2) is 18.2 Å². The Labute approximate surface area is 174 Å². The van der Waals surface area contributed by atoms with Gasteiger partial charge in [0.2, 0.25) is 0 Å². The number of ether oxygens (including phenoxy) is 1. The third-order valence-electron chi connectivity index (χ3n) is 4.29. The molecule has 1 heterocycles. The minimum Gasteiger partial charge on any atom is -0.484 e. The van der Waals surface area contributed by atoms with Crippen molar-refractivity contribution in [1.29, 1.82) is 0 Å². The van der Waals surface area contributed by atoms with E-state index in [-0.39, 0.29) is 23.8 Å². The lowest BCUT2D eigenvalue weighted by atomic mass is 10.2. The fourth-order valence-corrected chi connectivity index (χ4v) is 3.86. The summed E-state index contributed by atoms with van der Waals surface area (Å²) in [6.07, 6.45) is 0. The quantitative estimate of drug-likeness (QED) is 0.417. The second-order valence-corrected chi connectivity index (χ2v) is 7.45. The van der Waals surface area contributed by atoms with E-state index in [1.165, 1.54) is 35.2 Å². The van der Waals surface area contributed by atoms with E-state index in [9.17, 15) is 18.0 Å². The zero-order valence-corrected chi connectivity index (χ0v) is 16.3. The largest absolute Gasteiger partial charge is 0.484 e. The Hall–Kier alpha value is -3.39. The first kappa shape index (κ1) is 19.9. The molecule has 4 nitrogen and oxygen atoms in total. The van der Waals surface area contributed by atoms with Crippen molar-refractivity contribution in [3.8, 4) is 5.75 Å². The maximum Gasteiger partial charge on any atom is 0.267 e. The molecule has 3 aromatic carbocycles. The molecule has 0 atom stereocenters. The SMILES string of the molecule is O=C(COc1ccc(F)cc1)N(Cc1ccccc1)c1nc2c(F)cc(F)cc2s1. The minimum absolute atomic E-state index is 0.00159. The van der Waals surface area contributed by atoms with Gasteiger partial charge in [-0.15, -0.1) is 0 Å². The summed E-state index contributed by atoms with van der Waals surface area (Å²) in [5, 5.41) is 0.228.